The Kier molecular flexibility index (Phi) is 5.78. The first-order valence-electron chi connectivity index (χ1n) is 11.9. The van der Waals surface area contributed by atoms with E-state index < -0.39 is 0 Å². The lowest BCUT2D eigenvalue weighted by molar-refractivity contribution is -0.138. The lowest BCUT2D eigenvalue weighted by atomic mass is 9.81. The standard InChI is InChI=1S/C24H36N2OS/c27-24(18-7-3-1-4-8-18)26-16-21(19-12-14-28-17-19)22-15-25(13-11-23(22)26)20-9-5-2-6-10-20/h12,14,17-18,20-23H,1-11,13,15-16H2/t21-,22-,23-/m1/s1. The smallest absolute Gasteiger partial charge is 0.225 e. The van der Waals surface area contributed by atoms with Crippen molar-refractivity contribution in [1.82, 2.24) is 9.80 Å². The molecule has 4 aliphatic rings. The molecule has 4 fully saturated rings. The number of hydrogen-bond donors (Lipinski definition) is 0. The van der Waals surface area contributed by atoms with Gasteiger partial charge in [-0.3, -0.25) is 9.69 Å². The zero-order valence-corrected chi connectivity index (χ0v) is 18.0. The van der Waals surface area contributed by atoms with Crippen LogP contribution in [0.25, 0.3) is 0 Å². The maximum atomic E-state index is 13.5. The monoisotopic (exact) mass is 400 g/mol. The van der Waals surface area contributed by atoms with Crippen molar-refractivity contribution < 1.29 is 4.79 Å². The Morgan fingerprint density at radius 2 is 1.68 bits per heavy atom. The summed E-state index contributed by atoms with van der Waals surface area (Å²) in [6.07, 6.45) is 14.3. The van der Waals surface area contributed by atoms with Crippen LogP contribution in [0.15, 0.2) is 16.8 Å². The summed E-state index contributed by atoms with van der Waals surface area (Å²) in [5, 5.41) is 4.56. The van der Waals surface area contributed by atoms with Crippen LogP contribution in [0.2, 0.25) is 0 Å². The number of carbonyl (C=O) groups is 1. The first-order chi connectivity index (χ1) is 13.8. The number of piperidine rings is 1. The summed E-state index contributed by atoms with van der Waals surface area (Å²) >= 11 is 1.82. The van der Waals surface area contributed by atoms with E-state index in [1.54, 1.807) is 0 Å². The molecule has 0 spiro atoms. The second kappa shape index (κ2) is 8.47. The topological polar surface area (TPSA) is 23.6 Å². The minimum Gasteiger partial charge on any atom is -0.338 e. The minimum atomic E-state index is 0.312. The number of amides is 1. The van der Waals surface area contributed by atoms with E-state index in [-0.39, 0.29) is 0 Å². The van der Waals surface area contributed by atoms with Gasteiger partial charge in [-0.05, 0) is 54.5 Å². The normalized spacial score (nSPS) is 33.1. The lowest BCUT2D eigenvalue weighted by Gasteiger charge is -2.44. The van der Waals surface area contributed by atoms with Crippen molar-refractivity contribution in [2.45, 2.75) is 88.6 Å². The van der Waals surface area contributed by atoms with Crippen LogP contribution in [0.4, 0.5) is 0 Å². The summed E-state index contributed by atoms with van der Waals surface area (Å²) in [5.41, 5.74) is 1.49. The average Bonchev–Trinajstić information content (AvgIpc) is 3.42. The van der Waals surface area contributed by atoms with E-state index in [2.05, 4.69) is 26.6 Å². The van der Waals surface area contributed by atoms with Gasteiger partial charge in [0.1, 0.15) is 0 Å². The third-order valence-electron chi connectivity index (χ3n) is 8.26. The highest BCUT2D eigenvalue weighted by Crippen LogP contribution is 2.44. The molecular weight excluding hydrogens is 364 g/mol. The first-order valence-corrected chi connectivity index (χ1v) is 12.8. The Balaban J connectivity index is 1.35. The fourth-order valence-corrected chi connectivity index (χ4v) is 7.44. The number of fused-ring (bicyclic) bond motifs is 1. The lowest BCUT2D eigenvalue weighted by Crippen LogP contribution is -2.52. The maximum absolute atomic E-state index is 13.5. The molecule has 4 heteroatoms. The summed E-state index contributed by atoms with van der Waals surface area (Å²) in [6, 6.07) is 3.61. The van der Waals surface area contributed by atoms with Crippen LogP contribution in [-0.2, 0) is 4.79 Å². The highest BCUT2D eigenvalue weighted by atomic mass is 32.1. The molecule has 1 aromatic rings. The second-order valence-electron chi connectivity index (χ2n) is 9.80. The number of nitrogens with zero attached hydrogens (tertiary/aromatic N) is 2. The predicted molar refractivity (Wildman–Crippen MR) is 116 cm³/mol. The summed E-state index contributed by atoms with van der Waals surface area (Å²) in [7, 11) is 0. The van der Waals surface area contributed by atoms with Gasteiger partial charge in [0.25, 0.3) is 0 Å². The third-order valence-corrected chi connectivity index (χ3v) is 8.96. The Hall–Kier alpha value is -0.870. The molecule has 0 bridgehead atoms. The second-order valence-corrected chi connectivity index (χ2v) is 10.6. The molecule has 0 radical (unpaired) electrons. The quantitative estimate of drug-likeness (QED) is 0.689. The van der Waals surface area contributed by atoms with Gasteiger partial charge in [-0.2, -0.15) is 11.3 Å². The van der Waals surface area contributed by atoms with Crippen molar-refractivity contribution in [1.29, 1.82) is 0 Å². The van der Waals surface area contributed by atoms with Crippen LogP contribution in [0.1, 0.15) is 82.1 Å². The van der Waals surface area contributed by atoms with Crippen molar-refractivity contribution in [2.24, 2.45) is 11.8 Å². The van der Waals surface area contributed by atoms with Crippen LogP contribution in [0.3, 0.4) is 0 Å². The van der Waals surface area contributed by atoms with Crippen LogP contribution < -0.4 is 0 Å². The van der Waals surface area contributed by atoms with Gasteiger partial charge in [0.15, 0.2) is 0 Å². The van der Waals surface area contributed by atoms with Crippen molar-refractivity contribution >= 4 is 17.2 Å². The Bertz CT molecular complexity index is 648. The van der Waals surface area contributed by atoms with Crippen molar-refractivity contribution in [3.05, 3.63) is 22.4 Å². The van der Waals surface area contributed by atoms with Gasteiger partial charge in [-0.25, -0.2) is 0 Å². The third kappa shape index (κ3) is 3.67. The molecule has 2 saturated heterocycles. The van der Waals surface area contributed by atoms with Gasteiger partial charge in [0, 0.05) is 49.5 Å². The number of rotatable bonds is 3. The Morgan fingerprint density at radius 3 is 2.39 bits per heavy atom. The molecule has 1 amide bonds. The highest BCUT2D eigenvalue weighted by molar-refractivity contribution is 7.08. The summed E-state index contributed by atoms with van der Waals surface area (Å²) in [5.74, 6) is 2.00. The zero-order chi connectivity index (χ0) is 18.9. The molecule has 3 heterocycles. The molecule has 2 saturated carbocycles. The van der Waals surface area contributed by atoms with Gasteiger partial charge in [-0.15, -0.1) is 0 Å². The molecular formula is C24H36N2OS. The van der Waals surface area contributed by atoms with Gasteiger partial charge in [0.05, 0.1) is 0 Å². The molecule has 2 aliphatic carbocycles. The van der Waals surface area contributed by atoms with Gasteiger partial charge in [0.2, 0.25) is 5.91 Å². The molecule has 3 nitrogen and oxygen atoms in total. The summed E-state index contributed by atoms with van der Waals surface area (Å²) in [6.45, 7) is 3.39. The number of carbonyl (C=O) groups excluding carboxylic acids is 1. The molecule has 5 rings (SSSR count). The first kappa shape index (κ1) is 19.1. The molecule has 2 aliphatic heterocycles. The molecule has 1 aromatic heterocycles. The molecule has 0 N–H and O–H groups in total. The van der Waals surface area contributed by atoms with E-state index >= 15 is 0 Å². The zero-order valence-electron chi connectivity index (χ0n) is 17.2. The minimum absolute atomic E-state index is 0.312. The van der Waals surface area contributed by atoms with Crippen molar-refractivity contribution in [3.8, 4) is 0 Å². The Labute approximate surface area is 174 Å². The number of likely N-dealkylation sites (tertiary alicyclic amines) is 2. The van der Waals surface area contributed by atoms with E-state index in [0.29, 0.717) is 29.7 Å². The number of hydrogen-bond acceptors (Lipinski definition) is 3. The molecule has 0 aromatic carbocycles. The largest absolute Gasteiger partial charge is 0.338 e. The van der Waals surface area contributed by atoms with E-state index in [4.69, 9.17) is 0 Å². The van der Waals surface area contributed by atoms with E-state index in [9.17, 15) is 4.79 Å². The fraction of sp³-hybridized carbons (Fsp3) is 0.792. The van der Waals surface area contributed by atoms with E-state index in [1.165, 1.54) is 76.4 Å². The summed E-state index contributed by atoms with van der Waals surface area (Å²) < 4.78 is 0. The average molecular weight is 401 g/mol. The Morgan fingerprint density at radius 1 is 0.929 bits per heavy atom. The molecule has 154 valence electrons. The fourth-order valence-electron chi connectivity index (χ4n) is 6.71. The van der Waals surface area contributed by atoms with Crippen molar-refractivity contribution in [2.75, 3.05) is 19.6 Å². The van der Waals surface area contributed by atoms with Crippen LogP contribution in [-0.4, -0.2) is 47.4 Å². The van der Waals surface area contributed by atoms with E-state index in [1.807, 2.05) is 11.3 Å². The SMILES string of the molecule is O=C(C1CCCCC1)N1C[C@H](c2ccsc2)[C@H]2CN(C3CCCCC3)CC[C@H]21. The number of thiophene rings is 1. The van der Waals surface area contributed by atoms with Crippen LogP contribution in [0.5, 0.6) is 0 Å². The van der Waals surface area contributed by atoms with Crippen molar-refractivity contribution in [3.63, 3.8) is 0 Å². The predicted octanol–water partition coefficient (Wildman–Crippen LogP) is 5.28. The molecule has 28 heavy (non-hydrogen) atoms. The van der Waals surface area contributed by atoms with Gasteiger partial charge < -0.3 is 4.90 Å². The maximum Gasteiger partial charge on any atom is 0.225 e. The van der Waals surface area contributed by atoms with Crippen LogP contribution in [0, 0.1) is 11.8 Å². The van der Waals surface area contributed by atoms with Gasteiger partial charge >= 0.3 is 0 Å². The highest BCUT2D eigenvalue weighted by Gasteiger charge is 2.48. The molecule has 3 atom stereocenters. The van der Waals surface area contributed by atoms with Gasteiger partial charge in [-0.1, -0.05) is 38.5 Å². The molecule has 0 unspecified atom stereocenters. The van der Waals surface area contributed by atoms with E-state index in [0.717, 1.165) is 25.4 Å². The summed E-state index contributed by atoms with van der Waals surface area (Å²) in [4.78, 5) is 18.6. The van der Waals surface area contributed by atoms with Crippen LogP contribution >= 0.6 is 11.3 Å².